The van der Waals surface area contributed by atoms with Crippen molar-refractivity contribution in [3.63, 3.8) is 0 Å². The van der Waals surface area contributed by atoms with Gasteiger partial charge in [0.05, 0.1) is 5.66 Å². The van der Waals surface area contributed by atoms with Crippen molar-refractivity contribution in [3.05, 3.63) is 48.3 Å². The van der Waals surface area contributed by atoms with E-state index in [1.165, 1.54) is 18.2 Å². The smallest absolute Gasteiger partial charge is 0.324 e. The summed E-state index contributed by atoms with van der Waals surface area (Å²) in [6.45, 7) is 3.34. The maximum Gasteiger partial charge on any atom is 0.332 e. The van der Waals surface area contributed by atoms with Gasteiger partial charge in [0.25, 0.3) is 0 Å². The molecule has 1 aromatic carbocycles. The van der Waals surface area contributed by atoms with Crippen LogP contribution in [-0.2, 0) is 11.0 Å². The molecule has 1 aromatic rings. The van der Waals surface area contributed by atoms with Gasteiger partial charge in [-0.25, -0.2) is 4.39 Å². The number of rotatable bonds is 4. The number of hydrogen-bond donors (Lipinski definition) is 2. The van der Waals surface area contributed by atoms with Crippen LogP contribution in [0, 0.1) is 5.82 Å². The van der Waals surface area contributed by atoms with Gasteiger partial charge in [-0.3, -0.25) is 4.57 Å². The SMILES string of the molecule is C=CC(Cc1ccccc1F)P(=O)(O)O. The number of hydrogen-bond acceptors (Lipinski definition) is 1. The monoisotopic (exact) mass is 230 g/mol. The molecule has 3 nitrogen and oxygen atoms in total. The Bertz CT molecular complexity index is 399. The molecule has 0 aromatic heterocycles. The summed E-state index contributed by atoms with van der Waals surface area (Å²) in [5, 5.41) is 0. The first-order chi connectivity index (χ1) is 6.95. The van der Waals surface area contributed by atoms with E-state index in [2.05, 4.69) is 6.58 Å². The van der Waals surface area contributed by atoms with Gasteiger partial charge in [-0.15, -0.1) is 6.58 Å². The quantitative estimate of drug-likeness (QED) is 0.615. The molecular weight excluding hydrogens is 218 g/mol. The lowest BCUT2D eigenvalue weighted by atomic mass is 10.1. The molecule has 82 valence electrons. The summed E-state index contributed by atoms with van der Waals surface area (Å²) in [6, 6.07) is 5.91. The molecule has 1 atom stereocenters. The molecule has 0 saturated carbocycles. The summed E-state index contributed by atoms with van der Waals surface area (Å²) < 4.78 is 24.2. The van der Waals surface area contributed by atoms with Crippen LogP contribution in [0.15, 0.2) is 36.9 Å². The largest absolute Gasteiger partial charge is 0.332 e. The molecule has 0 bridgehead atoms. The summed E-state index contributed by atoms with van der Waals surface area (Å²) in [5.74, 6) is -0.460. The molecule has 2 N–H and O–H groups in total. The average molecular weight is 230 g/mol. The molecule has 0 heterocycles. The van der Waals surface area contributed by atoms with Gasteiger partial charge in [-0.1, -0.05) is 24.3 Å². The Morgan fingerprint density at radius 3 is 2.53 bits per heavy atom. The summed E-state index contributed by atoms with van der Waals surface area (Å²) in [6.07, 6.45) is 1.12. The van der Waals surface area contributed by atoms with Crippen LogP contribution in [0.2, 0.25) is 0 Å². The van der Waals surface area contributed by atoms with Crippen LogP contribution in [0.25, 0.3) is 0 Å². The van der Waals surface area contributed by atoms with Crippen molar-refractivity contribution in [1.29, 1.82) is 0 Å². The van der Waals surface area contributed by atoms with Crippen LogP contribution in [0.1, 0.15) is 5.56 Å². The number of allylic oxidation sites excluding steroid dienone is 1. The van der Waals surface area contributed by atoms with E-state index in [1.54, 1.807) is 6.07 Å². The van der Waals surface area contributed by atoms with E-state index in [4.69, 9.17) is 9.79 Å². The fourth-order valence-corrected chi connectivity index (χ4v) is 1.94. The lowest BCUT2D eigenvalue weighted by molar-refractivity contribution is 0.364. The lowest BCUT2D eigenvalue weighted by Gasteiger charge is -2.14. The van der Waals surface area contributed by atoms with Crippen LogP contribution in [0.3, 0.4) is 0 Å². The van der Waals surface area contributed by atoms with E-state index in [0.29, 0.717) is 0 Å². The topological polar surface area (TPSA) is 57.5 Å². The molecule has 0 saturated heterocycles. The third-order valence-corrected chi connectivity index (χ3v) is 3.35. The van der Waals surface area contributed by atoms with E-state index >= 15 is 0 Å². The van der Waals surface area contributed by atoms with Crippen molar-refractivity contribution in [1.82, 2.24) is 0 Å². The van der Waals surface area contributed by atoms with Gasteiger partial charge < -0.3 is 9.79 Å². The molecule has 5 heteroatoms. The van der Waals surface area contributed by atoms with Gasteiger partial charge in [-0.2, -0.15) is 0 Å². The number of halogens is 1. The Balaban J connectivity index is 2.90. The van der Waals surface area contributed by atoms with Crippen LogP contribution >= 0.6 is 7.60 Å². The standard InChI is InChI=1S/C10H12FO3P/c1-2-9(15(12,13)14)7-8-5-3-4-6-10(8)11/h2-6,9H,1,7H2,(H2,12,13,14). The van der Waals surface area contributed by atoms with E-state index in [9.17, 15) is 8.96 Å². The molecule has 0 aliphatic rings. The second-order valence-electron chi connectivity index (χ2n) is 3.19. The van der Waals surface area contributed by atoms with Gasteiger partial charge in [0, 0.05) is 0 Å². The van der Waals surface area contributed by atoms with Gasteiger partial charge in [0.1, 0.15) is 5.82 Å². The fraction of sp³-hybridized carbons (Fsp3) is 0.200. The molecule has 1 rings (SSSR count). The van der Waals surface area contributed by atoms with Crippen LogP contribution in [0.4, 0.5) is 4.39 Å². The van der Waals surface area contributed by atoms with Gasteiger partial charge in [0.2, 0.25) is 0 Å². The van der Waals surface area contributed by atoms with Crippen molar-refractivity contribution in [3.8, 4) is 0 Å². The minimum absolute atomic E-state index is 0.0412. The third kappa shape index (κ3) is 3.27. The van der Waals surface area contributed by atoms with Crippen molar-refractivity contribution in [2.75, 3.05) is 0 Å². The average Bonchev–Trinajstić information content (AvgIpc) is 2.14. The summed E-state index contributed by atoms with van der Waals surface area (Å²) in [5.41, 5.74) is -0.750. The molecule has 15 heavy (non-hydrogen) atoms. The predicted molar refractivity (Wildman–Crippen MR) is 56.1 cm³/mol. The Morgan fingerprint density at radius 1 is 1.47 bits per heavy atom. The second kappa shape index (κ2) is 4.71. The molecule has 0 amide bonds. The number of benzene rings is 1. The summed E-state index contributed by atoms with van der Waals surface area (Å²) in [7, 11) is -4.25. The molecule has 0 fully saturated rings. The second-order valence-corrected chi connectivity index (χ2v) is 5.03. The minimum atomic E-state index is -4.25. The zero-order valence-corrected chi connectivity index (χ0v) is 8.90. The minimum Gasteiger partial charge on any atom is -0.324 e. The molecular formula is C10H12FO3P. The Morgan fingerprint density at radius 2 is 2.07 bits per heavy atom. The Hall–Kier alpha value is -0.960. The molecule has 1 unspecified atom stereocenters. The molecule has 0 spiro atoms. The zero-order chi connectivity index (χ0) is 11.5. The molecule has 0 radical (unpaired) electrons. The van der Waals surface area contributed by atoms with Crippen LogP contribution in [0.5, 0.6) is 0 Å². The van der Waals surface area contributed by atoms with E-state index in [-0.39, 0.29) is 12.0 Å². The highest BCUT2D eigenvalue weighted by Gasteiger charge is 2.26. The Labute approximate surface area is 87.4 Å². The van der Waals surface area contributed by atoms with Crippen molar-refractivity contribution in [2.45, 2.75) is 12.1 Å². The van der Waals surface area contributed by atoms with E-state index in [0.717, 1.165) is 6.08 Å². The maximum atomic E-state index is 13.2. The van der Waals surface area contributed by atoms with Gasteiger partial charge >= 0.3 is 7.60 Å². The van der Waals surface area contributed by atoms with E-state index < -0.39 is 19.1 Å². The predicted octanol–water partition coefficient (Wildman–Crippen LogP) is 2.10. The molecule has 0 aliphatic carbocycles. The van der Waals surface area contributed by atoms with Crippen molar-refractivity contribution in [2.24, 2.45) is 0 Å². The normalized spacial score (nSPS) is 13.5. The summed E-state index contributed by atoms with van der Waals surface area (Å²) >= 11 is 0. The zero-order valence-electron chi connectivity index (χ0n) is 8.01. The van der Waals surface area contributed by atoms with E-state index in [1.807, 2.05) is 0 Å². The Kier molecular flexibility index (Phi) is 3.80. The molecule has 0 aliphatic heterocycles. The third-order valence-electron chi connectivity index (χ3n) is 2.09. The fourth-order valence-electron chi connectivity index (χ4n) is 1.23. The highest BCUT2D eigenvalue weighted by atomic mass is 31.2. The van der Waals surface area contributed by atoms with Gasteiger partial charge in [-0.05, 0) is 18.1 Å². The van der Waals surface area contributed by atoms with Crippen LogP contribution < -0.4 is 0 Å². The van der Waals surface area contributed by atoms with Crippen molar-refractivity contribution >= 4 is 7.60 Å². The highest BCUT2D eigenvalue weighted by molar-refractivity contribution is 7.52. The first-order valence-electron chi connectivity index (χ1n) is 4.36. The van der Waals surface area contributed by atoms with Gasteiger partial charge in [0.15, 0.2) is 0 Å². The maximum absolute atomic E-state index is 13.2. The first kappa shape index (κ1) is 12.1. The summed E-state index contributed by atoms with van der Waals surface area (Å²) in [4.78, 5) is 17.9. The van der Waals surface area contributed by atoms with Crippen LogP contribution in [-0.4, -0.2) is 15.4 Å². The highest BCUT2D eigenvalue weighted by Crippen LogP contribution is 2.43. The van der Waals surface area contributed by atoms with Crippen molar-refractivity contribution < 1.29 is 18.7 Å². The first-order valence-corrected chi connectivity index (χ1v) is 6.04. The lowest BCUT2D eigenvalue weighted by Crippen LogP contribution is -2.09.